The molecule has 1 saturated carbocycles. The number of hydrogen-bond donors (Lipinski definition) is 3. The summed E-state index contributed by atoms with van der Waals surface area (Å²) < 4.78 is 0. The first-order valence-corrected chi connectivity index (χ1v) is 8.95. The fourth-order valence-corrected chi connectivity index (χ4v) is 3.53. The summed E-state index contributed by atoms with van der Waals surface area (Å²) in [6, 6.07) is 10.2. The van der Waals surface area contributed by atoms with Gasteiger partial charge in [0.2, 0.25) is 5.91 Å². The van der Waals surface area contributed by atoms with Gasteiger partial charge in [-0.25, -0.2) is 0 Å². The van der Waals surface area contributed by atoms with Crippen molar-refractivity contribution in [2.45, 2.75) is 37.5 Å². The van der Waals surface area contributed by atoms with E-state index >= 15 is 0 Å². The normalized spacial score (nSPS) is 20.0. The number of aromatic nitrogens is 2. The predicted molar refractivity (Wildman–Crippen MR) is 98.1 cm³/mol. The van der Waals surface area contributed by atoms with Crippen LogP contribution in [0.2, 0.25) is 0 Å². The van der Waals surface area contributed by atoms with Gasteiger partial charge in [-0.1, -0.05) is 30.3 Å². The van der Waals surface area contributed by atoms with E-state index in [-0.39, 0.29) is 5.91 Å². The molecule has 2 aliphatic rings. The summed E-state index contributed by atoms with van der Waals surface area (Å²) in [6.07, 6.45) is 5.58. The predicted octanol–water partition coefficient (Wildman–Crippen LogP) is 2.46. The first-order valence-electron chi connectivity index (χ1n) is 8.95. The molecule has 1 aliphatic carbocycles. The average molecular weight is 336 g/mol. The van der Waals surface area contributed by atoms with Gasteiger partial charge in [-0.15, -0.1) is 0 Å². The van der Waals surface area contributed by atoms with Gasteiger partial charge in [0, 0.05) is 18.2 Å². The molecule has 0 spiro atoms. The quantitative estimate of drug-likeness (QED) is 0.784. The minimum Gasteiger partial charge on any atom is -0.369 e. The van der Waals surface area contributed by atoms with E-state index in [1.165, 1.54) is 18.4 Å². The first-order chi connectivity index (χ1) is 12.1. The number of H-pyrrole nitrogens is 1. The van der Waals surface area contributed by atoms with Gasteiger partial charge in [-0.3, -0.25) is 9.89 Å². The minimum atomic E-state index is -0.937. The SMILES string of the molecule is CC(C(N)=O)(c1cccc(C2=CCNCC2)c1)c1cc(C2CC2)[nH]n1. The second kappa shape index (κ2) is 6.15. The number of carbonyl (C=O) groups is 1. The third kappa shape index (κ3) is 2.89. The van der Waals surface area contributed by atoms with Crippen LogP contribution in [0.1, 0.15) is 54.6 Å². The molecule has 0 radical (unpaired) electrons. The lowest BCUT2D eigenvalue weighted by Gasteiger charge is -2.25. The molecule has 130 valence electrons. The van der Waals surface area contributed by atoms with Gasteiger partial charge in [0.25, 0.3) is 0 Å². The topological polar surface area (TPSA) is 83.8 Å². The lowest BCUT2D eigenvalue weighted by atomic mass is 9.77. The summed E-state index contributed by atoms with van der Waals surface area (Å²) in [5.74, 6) is 0.183. The molecule has 1 unspecified atom stereocenters. The maximum atomic E-state index is 12.4. The van der Waals surface area contributed by atoms with E-state index in [2.05, 4.69) is 33.7 Å². The average Bonchev–Trinajstić information content (AvgIpc) is 3.38. The maximum Gasteiger partial charge on any atom is 0.233 e. The number of nitrogens with zero attached hydrogens (tertiary/aromatic N) is 1. The Balaban J connectivity index is 1.75. The molecular weight excluding hydrogens is 312 g/mol. The van der Waals surface area contributed by atoms with E-state index in [9.17, 15) is 4.79 Å². The molecule has 5 heteroatoms. The smallest absolute Gasteiger partial charge is 0.233 e. The van der Waals surface area contributed by atoms with Crippen LogP contribution in [0.3, 0.4) is 0 Å². The highest BCUT2D eigenvalue weighted by Gasteiger charge is 2.39. The van der Waals surface area contributed by atoms with E-state index < -0.39 is 5.41 Å². The zero-order valence-corrected chi connectivity index (χ0v) is 14.5. The van der Waals surface area contributed by atoms with Crippen molar-refractivity contribution in [2.75, 3.05) is 13.1 Å². The molecule has 1 aliphatic heterocycles. The molecule has 0 bridgehead atoms. The Morgan fingerprint density at radius 2 is 2.16 bits per heavy atom. The van der Waals surface area contributed by atoms with Crippen molar-refractivity contribution in [2.24, 2.45) is 5.73 Å². The van der Waals surface area contributed by atoms with Crippen LogP contribution in [0.25, 0.3) is 5.57 Å². The first kappa shape index (κ1) is 16.1. The Morgan fingerprint density at radius 1 is 1.32 bits per heavy atom. The Morgan fingerprint density at radius 3 is 2.84 bits per heavy atom. The van der Waals surface area contributed by atoms with Crippen LogP contribution in [0.4, 0.5) is 0 Å². The number of aromatic amines is 1. The van der Waals surface area contributed by atoms with Crippen LogP contribution in [-0.2, 0) is 10.2 Å². The third-order valence-electron chi connectivity index (χ3n) is 5.49. The number of benzene rings is 1. The molecular formula is C20H24N4O. The van der Waals surface area contributed by atoms with Crippen molar-refractivity contribution in [3.8, 4) is 0 Å². The Hall–Kier alpha value is -2.40. The van der Waals surface area contributed by atoms with Gasteiger partial charge in [-0.2, -0.15) is 5.10 Å². The minimum absolute atomic E-state index is 0.377. The summed E-state index contributed by atoms with van der Waals surface area (Å²) in [6.45, 7) is 3.74. The van der Waals surface area contributed by atoms with Crippen molar-refractivity contribution in [1.29, 1.82) is 0 Å². The van der Waals surface area contributed by atoms with Crippen LogP contribution >= 0.6 is 0 Å². The maximum absolute atomic E-state index is 12.4. The zero-order chi connectivity index (χ0) is 17.4. The third-order valence-corrected chi connectivity index (χ3v) is 5.49. The number of rotatable bonds is 5. The van der Waals surface area contributed by atoms with Crippen molar-refractivity contribution < 1.29 is 4.79 Å². The molecule has 4 rings (SSSR count). The molecule has 5 nitrogen and oxygen atoms in total. The number of nitrogens with two attached hydrogens (primary N) is 1. The Kier molecular flexibility index (Phi) is 3.96. The number of hydrogen-bond acceptors (Lipinski definition) is 3. The highest BCUT2D eigenvalue weighted by atomic mass is 16.1. The number of primary amides is 1. The van der Waals surface area contributed by atoms with Gasteiger partial charge >= 0.3 is 0 Å². The summed E-state index contributed by atoms with van der Waals surface area (Å²) in [5.41, 5.74) is 10.1. The number of amides is 1. The molecule has 1 amide bonds. The highest BCUT2D eigenvalue weighted by Crippen LogP contribution is 2.41. The fourth-order valence-electron chi connectivity index (χ4n) is 3.53. The monoisotopic (exact) mass is 336 g/mol. The molecule has 25 heavy (non-hydrogen) atoms. The summed E-state index contributed by atoms with van der Waals surface area (Å²) in [7, 11) is 0. The van der Waals surface area contributed by atoms with E-state index in [1.807, 2.05) is 25.1 Å². The molecule has 1 atom stereocenters. The second-order valence-electron chi connectivity index (χ2n) is 7.24. The summed E-state index contributed by atoms with van der Waals surface area (Å²) in [4.78, 5) is 12.4. The number of carbonyl (C=O) groups excluding carboxylic acids is 1. The lowest BCUT2D eigenvalue weighted by Crippen LogP contribution is -2.40. The molecule has 1 fully saturated rings. The molecule has 0 saturated heterocycles. The molecule has 1 aromatic heterocycles. The van der Waals surface area contributed by atoms with Crippen LogP contribution in [0.5, 0.6) is 0 Å². The van der Waals surface area contributed by atoms with Crippen molar-refractivity contribution >= 4 is 11.5 Å². The van der Waals surface area contributed by atoms with E-state index in [4.69, 9.17) is 5.73 Å². The molecule has 4 N–H and O–H groups in total. The second-order valence-corrected chi connectivity index (χ2v) is 7.24. The van der Waals surface area contributed by atoms with Crippen LogP contribution in [-0.4, -0.2) is 29.2 Å². The van der Waals surface area contributed by atoms with Gasteiger partial charge in [0.15, 0.2) is 0 Å². The van der Waals surface area contributed by atoms with Gasteiger partial charge in [0.05, 0.1) is 5.69 Å². The Bertz CT molecular complexity index is 834. The molecule has 1 aromatic carbocycles. The van der Waals surface area contributed by atoms with Crippen molar-refractivity contribution in [3.63, 3.8) is 0 Å². The van der Waals surface area contributed by atoms with Crippen LogP contribution < -0.4 is 11.1 Å². The van der Waals surface area contributed by atoms with Crippen LogP contribution in [0, 0.1) is 0 Å². The van der Waals surface area contributed by atoms with Gasteiger partial charge < -0.3 is 11.1 Å². The van der Waals surface area contributed by atoms with E-state index in [0.29, 0.717) is 11.6 Å². The van der Waals surface area contributed by atoms with E-state index in [1.54, 1.807) is 0 Å². The van der Waals surface area contributed by atoms with Crippen molar-refractivity contribution in [3.05, 3.63) is 58.9 Å². The lowest BCUT2D eigenvalue weighted by molar-refractivity contribution is -0.121. The van der Waals surface area contributed by atoms with Crippen molar-refractivity contribution in [1.82, 2.24) is 15.5 Å². The van der Waals surface area contributed by atoms with Gasteiger partial charge in [0.1, 0.15) is 5.41 Å². The summed E-state index contributed by atoms with van der Waals surface area (Å²) in [5, 5.41) is 10.9. The fraction of sp³-hybridized carbons (Fsp3) is 0.400. The summed E-state index contributed by atoms with van der Waals surface area (Å²) >= 11 is 0. The Labute approximate surface area is 147 Å². The molecule has 2 heterocycles. The largest absolute Gasteiger partial charge is 0.369 e. The van der Waals surface area contributed by atoms with Crippen LogP contribution in [0.15, 0.2) is 36.4 Å². The van der Waals surface area contributed by atoms with Gasteiger partial charge in [-0.05, 0) is 55.5 Å². The zero-order valence-electron chi connectivity index (χ0n) is 14.5. The standard InChI is InChI=1S/C20H24N4O/c1-20(19(21)25,18-12-17(23-24-18)14-5-6-14)16-4-2-3-15(11-16)13-7-9-22-10-8-13/h2-4,7,11-12,14,22H,5-6,8-10H2,1H3,(H2,21,25)(H,23,24). The molecule has 2 aromatic rings. The highest BCUT2D eigenvalue weighted by molar-refractivity contribution is 5.90. The number of nitrogens with one attached hydrogen (secondary N) is 2. The van der Waals surface area contributed by atoms with E-state index in [0.717, 1.165) is 36.3 Å².